The van der Waals surface area contributed by atoms with E-state index >= 15 is 0 Å². The van der Waals surface area contributed by atoms with Gasteiger partial charge in [-0.1, -0.05) is 24.3 Å². The molecule has 3 heterocycles. The monoisotopic (exact) mass is 462 g/mol. The van der Waals surface area contributed by atoms with Gasteiger partial charge in [-0.2, -0.15) is 0 Å². The predicted octanol–water partition coefficient (Wildman–Crippen LogP) is 5.33. The number of benzene rings is 2. The van der Waals surface area contributed by atoms with Gasteiger partial charge in [0, 0.05) is 32.5 Å². The van der Waals surface area contributed by atoms with Gasteiger partial charge in [-0.05, 0) is 48.4 Å². The maximum atomic E-state index is 13.1. The molecule has 5 rings (SSSR count). The Bertz CT molecular complexity index is 1290. The van der Waals surface area contributed by atoms with E-state index in [-0.39, 0.29) is 17.6 Å². The molecule has 2 amide bonds. The fraction of sp³-hybridized carbons (Fsp3) is 0.240. The number of rotatable bonds is 7. The molecule has 1 N–H and O–H groups in total. The van der Waals surface area contributed by atoms with E-state index in [0.717, 1.165) is 33.0 Å². The van der Waals surface area contributed by atoms with Gasteiger partial charge in [-0.15, -0.1) is 11.3 Å². The number of carbonyl (C=O) groups is 2. The summed E-state index contributed by atoms with van der Waals surface area (Å²) in [5, 5.41) is 0.784. The lowest BCUT2D eigenvalue weighted by Gasteiger charge is -2.17. The van der Waals surface area contributed by atoms with E-state index in [2.05, 4.69) is 9.97 Å². The Balaban J connectivity index is 1.24. The number of anilines is 1. The van der Waals surface area contributed by atoms with Gasteiger partial charge in [0.05, 0.1) is 20.9 Å². The number of para-hydroxylation sites is 2. The highest BCUT2D eigenvalue weighted by Gasteiger charge is 2.31. The summed E-state index contributed by atoms with van der Waals surface area (Å²) >= 11 is 1.37. The molecule has 0 unspecified atom stereocenters. The Kier molecular flexibility index (Phi) is 5.68. The number of hydrogen-bond acceptors (Lipinski definition) is 4. The molecule has 1 aliphatic rings. The molecule has 0 atom stereocenters. The summed E-state index contributed by atoms with van der Waals surface area (Å²) in [6, 6.07) is 15.8. The van der Waals surface area contributed by atoms with Gasteiger partial charge in [0.25, 0.3) is 0 Å². The van der Waals surface area contributed by atoms with Crippen LogP contribution in [0.15, 0.2) is 54.6 Å². The molecule has 0 radical (unpaired) electrons. The van der Waals surface area contributed by atoms with E-state index in [4.69, 9.17) is 0 Å². The first kappa shape index (κ1) is 21.3. The molecule has 1 aliphatic heterocycles. The smallest absolute Gasteiger partial charge is 0.325 e. The van der Waals surface area contributed by atoms with Crippen LogP contribution in [0.25, 0.3) is 11.0 Å². The maximum Gasteiger partial charge on any atom is 0.325 e. The second-order valence-electron chi connectivity index (χ2n) is 8.20. The van der Waals surface area contributed by atoms with Crippen molar-refractivity contribution in [2.45, 2.75) is 26.3 Å². The minimum absolute atomic E-state index is 0.0546. The molecule has 33 heavy (non-hydrogen) atoms. The molecule has 0 aliphatic carbocycles. The fourth-order valence-corrected chi connectivity index (χ4v) is 5.25. The topological polar surface area (TPSA) is 69.3 Å². The van der Waals surface area contributed by atoms with Crippen molar-refractivity contribution in [3.63, 3.8) is 0 Å². The van der Waals surface area contributed by atoms with Crippen molar-refractivity contribution in [1.29, 1.82) is 0 Å². The third kappa shape index (κ3) is 4.39. The van der Waals surface area contributed by atoms with E-state index in [1.165, 1.54) is 23.5 Å². The first-order chi connectivity index (χ1) is 16.0. The summed E-state index contributed by atoms with van der Waals surface area (Å²) in [6.45, 7) is 3.49. The van der Waals surface area contributed by atoms with E-state index in [1.807, 2.05) is 37.3 Å². The van der Waals surface area contributed by atoms with Gasteiger partial charge in [-0.25, -0.2) is 14.2 Å². The summed E-state index contributed by atoms with van der Waals surface area (Å²) in [5.74, 6) is 0.559. The molecule has 2 aromatic heterocycles. The molecule has 0 spiro atoms. The van der Waals surface area contributed by atoms with E-state index in [0.29, 0.717) is 37.4 Å². The number of Topliss-reactive ketones (excluding diaryl/α,β-unsaturated/α-hetero) is 1. The van der Waals surface area contributed by atoms with Crippen molar-refractivity contribution in [3.8, 4) is 0 Å². The van der Waals surface area contributed by atoms with Gasteiger partial charge < -0.3 is 9.88 Å². The second kappa shape index (κ2) is 8.78. The van der Waals surface area contributed by atoms with Crippen molar-refractivity contribution in [2.75, 3.05) is 18.0 Å². The summed E-state index contributed by atoms with van der Waals surface area (Å²) in [5.41, 5.74) is 3.63. The Morgan fingerprint density at radius 2 is 1.94 bits per heavy atom. The Morgan fingerprint density at radius 3 is 2.73 bits per heavy atom. The number of halogens is 1. The van der Waals surface area contributed by atoms with Crippen LogP contribution in [0.5, 0.6) is 0 Å². The lowest BCUT2D eigenvalue weighted by Crippen LogP contribution is -2.30. The molecule has 4 aromatic rings. The molecule has 8 heteroatoms. The standard InChI is InChI=1S/C25H23FN4O2S/c1-16-14-23(30-13-12-29(25(30)32)15-17-6-8-18(26)9-7-17)33-24(16)21(31)10-11-22-27-19-4-2-3-5-20(19)28-22/h2-9,14H,10-13,15H2,1H3,(H,27,28). The number of fused-ring (bicyclic) bond motifs is 1. The van der Waals surface area contributed by atoms with Crippen LogP contribution < -0.4 is 4.90 Å². The number of aryl methyl sites for hydroxylation is 2. The zero-order chi connectivity index (χ0) is 22.9. The number of urea groups is 1. The average Bonchev–Trinajstić information content (AvgIpc) is 3.50. The first-order valence-electron chi connectivity index (χ1n) is 10.9. The number of ketones is 1. The van der Waals surface area contributed by atoms with Crippen molar-refractivity contribution in [3.05, 3.63) is 82.2 Å². The fourth-order valence-electron chi connectivity index (χ4n) is 4.09. The number of aromatic nitrogens is 2. The highest BCUT2D eigenvalue weighted by Crippen LogP contribution is 2.33. The van der Waals surface area contributed by atoms with Crippen LogP contribution >= 0.6 is 11.3 Å². The number of aromatic amines is 1. The quantitative estimate of drug-likeness (QED) is 0.378. The van der Waals surface area contributed by atoms with Crippen LogP contribution in [0.1, 0.15) is 33.0 Å². The summed E-state index contributed by atoms with van der Waals surface area (Å²) in [4.78, 5) is 37.8. The Labute approximate surface area is 194 Å². The lowest BCUT2D eigenvalue weighted by molar-refractivity contribution is 0.0985. The van der Waals surface area contributed by atoms with Crippen LogP contribution in [-0.2, 0) is 13.0 Å². The van der Waals surface area contributed by atoms with E-state index in [1.54, 1.807) is 21.9 Å². The number of nitrogens with one attached hydrogen (secondary N) is 1. The molecule has 2 aromatic carbocycles. The van der Waals surface area contributed by atoms with Crippen LogP contribution in [0.3, 0.4) is 0 Å². The third-order valence-corrected chi connectivity index (χ3v) is 7.13. The molecule has 1 saturated heterocycles. The van der Waals surface area contributed by atoms with Crippen LogP contribution in [0, 0.1) is 12.7 Å². The minimum atomic E-state index is -0.292. The Morgan fingerprint density at radius 1 is 1.15 bits per heavy atom. The molecule has 1 fully saturated rings. The number of amides is 2. The Hall–Kier alpha value is -3.52. The molecule has 168 valence electrons. The molecule has 0 saturated carbocycles. The molecule has 6 nitrogen and oxygen atoms in total. The highest BCUT2D eigenvalue weighted by molar-refractivity contribution is 7.18. The van der Waals surface area contributed by atoms with Gasteiger partial charge >= 0.3 is 6.03 Å². The van der Waals surface area contributed by atoms with Crippen molar-refractivity contribution in [2.24, 2.45) is 0 Å². The van der Waals surface area contributed by atoms with Crippen LogP contribution in [-0.4, -0.2) is 39.8 Å². The van der Waals surface area contributed by atoms with Gasteiger partial charge in [0.2, 0.25) is 0 Å². The summed E-state index contributed by atoms with van der Waals surface area (Å²) in [7, 11) is 0. The number of thiophene rings is 1. The maximum absolute atomic E-state index is 13.1. The third-order valence-electron chi connectivity index (χ3n) is 5.83. The van der Waals surface area contributed by atoms with Gasteiger partial charge in [0.1, 0.15) is 11.6 Å². The SMILES string of the molecule is Cc1cc(N2CCN(Cc3ccc(F)cc3)C2=O)sc1C(=O)CCc1nc2ccccc2[nH]1. The largest absolute Gasteiger partial charge is 0.342 e. The van der Waals surface area contributed by atoms with Gasteiger partial charge in [0.15, 0.2) is 5.78 Å². The normalized spacial score (nSPS) is 13.9. The van der Waals surface area contributed by atoms with Crippen LogP contribution in [0.2, 0.25) is 0 Å². The summed E-state index contributed by atoms with van der Waals surface area (Å²) in [6.07, 6.45) is 0.888. The van der Waals surface area contributed by atoms with Gasteiger partial charge in [-0.3, -0.25) is 9.69 Å². The number of hydrogen-bond donors (Lipinski definition) is 1. The molecular formula is C25H23FN4O2S. The zero-order valence-corrected chi connectivity index (χ0v) is 19.0. The first-order valence-corrected chi connectivity index (χ1v) is 11.7. The number of imidazole rings is 1. The average molecular weight is 463 g/mol. The lowest BCUT2D eigenvalue weighted by atomic mass is 10.1. The number of nitrogens with zero attached hydrogens (tertiary/aromatic N) is 3. The van der Waals surface area contributed by atoms with Crippen molar-refractivity contribution in [1.82, 2.24) is 14.9 Å². The predicted molar refractivity (Wildman–Crippen MR) is 127 cm³/mol. The number of H-pyrrole nitrogens is 1. The van der Waals surface area contributed by atoms with Crippen molar-refractivity contribution < 1.29 is 14.0 Å². The minimum Gasteiger partial charge on any atom is -0.342 e. The summed E-state index contributed by atoms with van der Waals surface area (Å²) < 4.78 is 13.1. The second-order valence-corrected chi connectivity index (χ2v) is 9.23. The highest BCUT2D eigenvalue weighted by atomic mass is 32.1. The van der Waals surface area contributed by atoms with Crippen molar-refractivity contribution >= 4 is 39.2 Å². The van der Waals surface area contributed by atoms with E-state index < -0.39 is 0 Å². The number of carbonyl (C=O) groups excluding carboxylic acids is 2. The van der Waals surface area contributed by atoms with Crippen LogP contribution in [0.4, 0.5) is 14.2 Å². The van der Waals surface area contributed by atoms with E-state index in [9.17, 15) is 14.0 Å². The zero-order valence-electron chi connectivity index (χ0n) is 18.2. The molecule has 0 bridgehead atoms. The molecular weight excluding hydrogens is 439 g/mol.